The van der Waals surface area contributed by atoms with E-state index in [1.165, 1.54) is 0 Å². The Balaban J connectivity index is 1.83. The Kier molecular flexibility index (Phi) is 7.74. The number of rotatable bonds is 9. The Bertz CT molecular complexity index is 1290. The first-order valence-corrected chi connectivity index (χ1v) is 12.3. The second-order valence-corrected chi connectivity index (χ2v) is 9.45. The first-order chi connectivity index (χ1) is 17.3. The van der Waals surface area contributed by atoms with Crippen LogP contribution in [0.25, 0.3) is 0 Å². The number of aromatic nitrogens is 2. The van der Waals surface area contributed by atoms with Crippen LogP contribution in [-0.2, 0) is 6.54 Å². The van der Waals surface area contributed by atoms with E-state index >= 15 is 0 Å². The van der Waals surface area contributed by atoms with Crippen LogP contribution in [0.3, 0.4) is 0 Å². The van der Waals surface area contributed by atoms with Gasteiger partial charge in [0.25, 0.3) is 11.5 Å². The average molecular weight is 491 g/mol. The molecule has 3 aromatic rings. The van der Waals surface area contributed by atoms with Crippen LogP contribution in [0, 0.1) is 19.8 Å². The standard InChI is InChI=1S/C28H34N4O4/c1-18(2)25(26-30-20(4)19(3)27(33)32(26)16-21-9-6-5-7-10-21)31(14-8-13-29)28(34)22-11-12-23-24(15-22)36-17-35-23/h5-7,9-12,15,18,25H,8,13-14,16-17,29H2,1-4H3. The van der Waals surface area contributed by atoms with Gasteiger partial charge in [-0.3, -0.25) is 14.2 Å². The predicted octanol–water partition coefficient (Wildman–Crippen LogP) is 3.83. The maximum Gasteiger partial charge on any atom is 0.257 e. The fourth-order valence-electron chi connectivity index (χ4n) is 4.54. The number of hydrogen-bond acceptors (Lipinski definition) is 6. The van der Waals surface area contributed by atoms with Crippen LogP contribution in [0.5, 0.6) is 11.5 Å². The lowest BCUT2D eigenvalue weighted by molar-refractivity contribution is 0.0601. The molecule has 36 heavy (non-hydrogen) atoms. The van der Waals surface area contributed by atoms with Crippen molar-refractivity contribution in [1.82, 2.24) is 14.5 Å². The van der Waals surface area contributed by atoms with Crippen molar-refractivity contribution >= 4 is 5.91 Å². The van der Waals surface area contributed by atoms with Crippen molar-refractivity contribution in [2.45, 2.75) is 46.7 Å². The van der Waals surface area contributed by atoms with Crippen molar-refractivity contribution in [2.24, 2.45) is 11.7 Å². The zero-order chi connectivity index (χ0) is 25.8. The molecule has 0 aliphatic carbocycles. The monoisotopic (exact) mass is 490 g/mol. The molecule has 4 rings (SSSR count). The van der Waals surface area contributed by atoms with Crippen LogP contribution < -0.4 is 20.8 Å². The predicted molar refractivity (Wildman–Crippen MR) is 138 cm³/mol. The van der Waals surface area contributed by atoms with E-state index < -0.39 is 6.04 Å². The Morgan fingerprint density at radius 1 is 1.11 bits per heavy atom. The van der Waals surface area contributed by atoms with E-state index in [0.29, 0.717) is 60.2 Å². The van der Waals surface area contributed by atoms with Crippen LogP contribution in [0.4, 0.5) is 0 Å². The molecule has 2 aromatic carbocycles. The van der Waals surface area contributed by atoms with Crippen molar-refractivity contribution in [1.29, 1.82) is 0 Å². The Morgan fingerprint density at radius 2 is 1.83 bits per heavy atom. The van der Waals surface area contributed by atoms with Gasteiger partial charge in [0.1, 0.15) is 5.82 Å². The third-order valence-corrected chi connectivity index (χ3v) is 6.57. The smallest absolute Gasteiger partial charge is 0.257 e. The highest BCUT2D eigenvalue weighted by molar-refractivity contribution is 5.95. The molecule has 8 nitrogen and oxygen atoms in total. The number of benzene rings is 2. The number of carbonyl (C=O) groups is 1. The zero-order valence-corrected chi connectivity index (χ0v) is 21.4. The van der Waals surface area contributed by atoms with Gasteiger partial charge in [0.2, 0.25) is 6.79 Å². The number of nitrogens with two attached hydrogens (primary N) is 1. The van der Waals surface area contributed by atoms with Gasteiger partial charge < -0.3 is 20.1 Å². The van der Waals surface area contributed by atoms with Gasteiger partial charge in [-0.05, 0) is 56.5 Å². The quantitative estimate of drug-likeness (QED) is 0.489. The molecule has 8 heteroatoms. The molecule has 0 saturated heterocycles. The van der Waals surface area contributed by atoms with Crippen LogP contribution in [0.15, 0.2) is 53.3 Å². The summed E-state index contributed by atoms with van der Waals surface area (Å²) in [5, 5.41) is 0. The van der Waals surface area contributed by atoms with E-state index in [1.807, 2.05) is 51.1 Å². The summed E-state index contributed by atoms with van der Waals surface area (Å²) in [6.07, 6.45) is 0.618. The number of carbonyl (C=O) groups excluding carboxylic acids is 1. The molecular formula is C28H34N4O4. The van der Waals surface area contributed by atoms with Gasteiger partial charge in [-0.1, -0.05) is 44.2 Å². The number of hydrogen-bond donors (Lipinski definition) is 1. The minimum atomic E-state index is -0.440. The fraction of sp³-hybridized carbons (Fsp3) is 0.393. The highest BCUT2D eigenvalue weighted by atomic mass is 16.7. The summed E-state index contributed by atoms with van der Waals surface area (Å²) in [7, 11) is 0. The maximum atomic E-state index is 13.9. The summed E-state index contributed by atoms with van der Waals surface area (Å²) in [5.41, 5.74) is 8.51. The Labute approximate surface area is 211 Å². The number of nitrogens with zero attached hydrogens (tertiary/aromatic N) is 3. The molecule has 0 saturated carbocycles. The van der Waals surface area contributed by atoms with Gasteiger partial charge in [-0.15, -0.1) is 0 Å². The molecule has 0 fully saturated rings. The second kappa shape index (κ2) is 11.0. The summed E-state index contributed by atoms with van der Waals surface area (Å²) in [6, 6.07) is 14.6. The lowest BCUT2D eigenvalue weighted by atomic mass is 9.98. The minimum Gasteiger partial charge on any atom is -0.454 e. The van der Waals surface area contributed by atoms with Gasteiger partial charge in [-0.2, -0.15) is 0 Å². The molecule has 1 atom stereocenters. The van der Waals surface area contributed by atoms with Gasteiger partial charge in [0.05, 0.1) is 12.6 Å². The van der Waals surface area contributed by atoms with Crippen LogP contribution >= 0.6 is 0 Å². The fourth-order valence-corrected chi connectivity index (χ4v) is 4.54. The molecule has 0 radical (unpaired) electrons. The third kappa shape index (κ3) is 5.14. The highest BCUT2D eigenvalue weighted by Gasteiger charge is 2.33. The maximum absolute atomic E-state index is 13.9. The first kappa shape index (κ1) is 25.4. The molecule has 190 valence electrons. The Morgan fingerprint density at radius 3 is 2.53 bits per heavy atom. The minimum absolute atomic E-state index is 0.0169. The summed E-state index contributed by atoms with van der Waals surface area (Å²) < 4.78 is 12.6. The van der Waals surface area contributed by atoms with Gasteiger partial charge >= 0.3 is 0 Å². The van der Waals surface area contributed by atoms with Crippen molar-refractivity contribution in [3.8, 4) is 11.5 Å². The molecule has 0 spiro atoms. The van der Waals surface area contributed by atoms with Crippen LogP contribution in [0.1, 0.15) is 59.3 Å². The van der Waals surface area contributed by atoms with E-state index in [-0.39, 0.29) is 24.2 Å². The van der Waals surface area contributed by atoms with Crippen LogP contribution in [-0.4, -0.2) is 40.2 Å². The van der Waals surface area contributed by atoms with Crippen LogP contribution in [0.2, 0.25) is 0 Å². The first-order valence-electron chi connectivity index (χ1n) is 12.3. The number of ether oxygens (including phenoxy) is 2. The molecule has 1 aliphatic rings. The molecule has 1 amide bonds. The summed E-state index contributed by atoms with van der Waals surface area (Å²) in [6.45, 7) is 9.10. The molecule has 1 aliphatic heterocycles. The highest BCUT2D eigenvalue weighted by Crippen LogP contribution is 2.35. The van der Waals surface area contributed by atoms with Crippen molar-refractivity contribution in [2.75, 3.05) is 19.9 Å². The summed E-state index contributed by atoms with van der Waals surface area (Å²) in [4.78, 5) is 34.2. The molecule has 2 heterocycles. The number of fused-ring (bicyclic) bond motifs is 1. The number of amides is 1. The lowest BCUT2D eigenvalue weighted by Crippen LogP contribution is -2.43. The van der Waals surface area contributed by atoms with E-state index in [2.05, 4.69) is 0 Å². The topological polar surface area (TPSA) is 99.7 Å². The largest absolute Gasteiger partial charge is 0.454 e. The molecule has 1 aromatic heterocycles. The van der Waals surface area contributed by atoms with Gasteiger partial charge in [0.15, 0.2) is 11.5 Å². The molecular weight excluding hydrogens is 456 g/mol. The Hall–Kier alpha value is -3.65. The molecule has 2 N–H and O–H groups in total. The van der Waals surface area contributed by atoms with Gasteiger partial charge in [0, 0.05) is 23.4 Å². The normalized spacial score (nSPS) is 13.2. The second-order valence-electron chi connectivity index (χ2n) is 9.45. The van der Waals surface area contributed by atoms with E-state index in [4.69, 9.17) is 20.2 Å². The third-order valence-electron chi connectivity index (χ3n) is 6.57. The van der Waals surface area contributed by atoms with Crippen molar-refractivity contribution in [3.05, 3.63) is 87.1 Å². The summed E-state index contributed by atoms with van der Waals surface area (Å²) >= 11 is 0. The van der Waals surface area contributed by atoms with E-state index in [9.17, 15) is 9.59 Å². The van der Waals surface area contributed by atoms with E-state index in [0.717, 1.165) is 5.56 Å². The average Bonchev–Trinajstić information content (AvgIpc) is 3.35. The molecule has 1 unspecified atom stereocenters. The summed E-state index contributed by atoms with van der Waals surface area (Å²) in [5.74, 6) is 1.56. The van der Waals surface area contributed by atoms with Crippen molar-refractivity contribution in [3.63, 3.8) is 0 Å². The lowest BCUT2D eigenvalue weighted by Gasteiger charge is -2.35. The van der Waals surface area contributed by atoms with Crippen molar-refractivity contribution < 1.29 is 14.3 Å². The van der Waals surface area contributed by atoms with E-state index in [1.54, 1.807) is 34.6 Å². The van der Waals surface area contributed by atoms with Gasteiger partial charge in [-0.25, -0.2) is 4.98 Å². The molecule has 0 bridgehead atoms. The zero-order valence-electron chi connectivity index (χ0n) is 21.4. The SMILES string of the molecule is Cc1nc(C(C(C)C)N(CCCN)C(=O)c2ccc3c(c2)OCO3)n(Cc2ccccc2)c(=O)c1C. The number of aryl methyl sites for hydroxylation is 1.